The number of hydrogen-bond acceptors (Lipinski definition) is 5. The van der Waals surface area contributed by atoms with E-state index in [0.717, 1.165) is 11.3 Å². The number of aryl methyl sites for hydroxylation is 1. The van der Waals surface area contributed by atoms with Crippen molar-refractivity contribution >= 4 is 27.3 Å². The highest BCUT2D eigenvalue weighted by Crippen LogP contribution is 2.27. The SMILES string of the molecule is C=CCNS(=O)(=O)c1c(C)csc1C(=O)OC. The maximum absolute atomic E-state index is 12.0. The second-order valence-corrected chi connectivity index (χ2v) is 5.79. The molecule has 0 aliphatic carbocycles. The lowest BCUT2D eigenvalue weighted by Gasteiger charge is -2.06. The zero-order valence-corrected chi connectivity index (χ0v) is 11.2. The van der Waals surface area contributed by atoms with Crippen molar-refractivity contribution < 1.29 is 17.9 Å². The van der Waals surface area contributed by atoms with E-state index in [9.17, 15) is 13.2 Å². The number of hydrogen-bond donors (Lipinski definition) is 1. The number of sulfonamides is 1. The molecule has 1 rings (SSSR count). The molecule has 0 amide bonds. The first-order valence-electron chi connectivity index (χ1n) is 4.71. The molecule has 0 saturated carbocycles. The van der Waals surface area contributed by atoms with E-state index in [0.29, 0.717) is 5.56 Å². The Morgan fingerprint density at radius 3 is 2.82 bits per heavy atom. The summed E-state index contributed by atoms with van der Waals surface area (Å²) in [4.78, 5) is 11.5. The fourth-order valence-corrected chi connectivity index (χ4v) is 3.94. The van der Waals surface area contributed by atoms with Gasteiger partial charge in [-0.2, -0.15) is 0 Å². The van der Waals surface area contributed by atoms with Gasteiger partial charge in [0, 0.05) is 6.54 Å². The number of thiophene rings is 1. The van der Waals surface area contributed by atoms with Gasteiger partial charge >= 0.3 is 5.97 Å². The van der Waals surface area contributed by atoms with Gasteiger partial charge in [0.25, 0.3) is 0 Å². The van der Waals surface area contributed by atoms with Crippen LogP contribution in [0.3, 0.4) is 0 Å². The van der Waals surface area contributed by atoms with Crippen LogP contribution in [0.1, 0.15) is 15.2 Å². The molecule has 0 spiro atoms. The van der Waals surface area contributed by atoms with Gasteiger partial charge in [0.05, 0.1) is 7.11 Å². The molecule has 94 valence electrons. The van der Waals surface area contributed by atoms with E-state index in [1.165, 1.54) is 13.2 Å². The van der Waals surface area contributed by atoms with Crippen molar-refractivity contribution in [3.63, 3.8) is 0 Å². The summed E-state index contributed by atoms with van der Waals surface area (Å²) in [5, 5.41) is 1.61. The maximum atomic E-state index is 12.0. The van der Waals surface area contributed by atoms with Crippen molar-refractivity contribution in [2.24, 2.45) is 0 Å². The van der Waals surface area contributed by atoms with E-state index in [-0.39, 0.29) is 16.3 Å². The molecule has 0 fully saturated rings. The summed E-state index contributed by atoms with van der Waals surface area (Å²) in [7, 11) is -2.49. The van der Waals surface area contributed by atoms with Gasteiger partial charge in [0.1, 0.15) is 9.77 Å². The molecule has 1 N–H and O–H groups in total. The van der Waals surface area contributed by atoms with Gasteiger partial charge in [-0.05, 0) is 17.9 Å². The summed E-state index contributed by atoms with van der Waals surface area (Å²) in [6.07, 6.45) is 1.43. The lowest BCUT2D eigenvalue weighted by Crippen LogP contribution is -2.25. The summed E-state index contributed by atoms with van der Waals surface area (Å²) < 4.78 is 30.8. The van der Waals surface area contributed by atoms with Crippen LogP contribution < -0.4 is 4.72 Å². The molecule has 0 saturated heterocycles. The Labute approximate surface area is 104 Å². The zero-order valence-electron chi connectivity index (χ0n) is 9.52. The van der Waals surface area contributed by atoms with E-state index in [1.807, 2.05) is 0 Å². The fraction of sp³-hybridized carbons (Fsp3) is 0.300. The van der Waals surface area contributed by atoms with E-state index < -0.39 is 16.0 Å². The van der Waals surface area contributed by atoms with Gasteiger partial charge in [0.2, 0.25) is 10.0 Å². The van der Waals surface area contributed by atoms with Crippen molar-refractivity contribution in [3.05, 3.63) is 28.5 Å². The van der Waals surface area contributed by atoms with Crippen LogP contribution in [0.15, 0.2) is 22.9 Å². The third-order valence-electron chi connectivity index (χ3n) is 1.98. The molecule has 5 nitrogen and oxygen atoms in total. The molecule has 0 aliphatic rings. The topological polar surface area (TPSA) is 72.5 Å². The summed E-state index contributed by atoms with van der Waals surface area (Å²) in [6, 6.07) is 0. The molecule has 0 aliphatic heterocycles. The van der Waals surface area contributed by atoms with Gasteiger partial charge in [0.15, 0.2) is 0 Å². The molecule has 1 heterocycles. The number of carbonyl (C=O) groups excluding carboxylic acids is 1. The van der Waals surface area contributed by atoms with Crippen molar-refractivity contribution in [1.82, 2.24) is 4.72 Å². The molecule has 0 bridgehead atoms. The van der Waals surface area contributed by atoms with Crippen LogP contribution in [0.2, 0.25) is 0 Å². The van der Waals surface area contributed by atoms with Crippen molar-refractivity contribution in [2.45, 2.75) is 11.8 Å². The normalized spacial score (nSPS) is 11.2. The Kier molecular flexibility index (Phi) is 4.44. The number of ether oxygens (including phenoxy) is 1. The molecule has 0 atom stereocenters. The first kappa shape index (κ1) is 13.9. The number of rotatable bonds is 5. The van der Waals surface area contributed by atoms with Crippen molar-refractivity contribution in [1.29, 1.82) is 0 Å². The predicted octanol–water partition coefficient (Wildman–Crippen LogP) is 1.31. The fourth-order valence-electron chi connectivity index (χ4n) is 1.24. The number of methoxy groups -OCH3 is 1. The maximum Gasteiger partial charge on any atom is 0.349 e. The smallest absolute Gasteiger partial charge is 0.349 e. The first-order chi connectivity index (χ1) is 7.94. The Bertz CT molecular complexity index is 531. The lowest BCUT2D eigenvalue weighted by atomic mass is 10.3. The molecule has 1 aromatic rings. The van der Waals surface area contributed by atoms with Crippen molar-refractivity contribution in [2.75, 3.05) is 13.7 Å². The van der Waals surface area contributed by atoms with Crippen LogP contribution >= 0.6 is 11.3 Å². The molecule has 0 aromatic carbocycles. The molecule has 17 heavy (non-hydrogen) atoms. The summed E-state index contributed by atoms with van der Waals surface area (Å²) in [5.41, 5.74) is 0.520. The van der Waals surface area contributed by atoms with Gasteiger partial charge in [-0.15, -0.1) is 17.9 Å². The van der Waals surface area contributed by atoms with Gasteiger partial charge in [-0.3, -0.25) is 0 Å². The van der Waals surface area contributed by atoms with Crippen LogP contribution in [-0.4, -0.2) is 28.0 Å². The van der Waals surface area contributed by atoms with Crippen LogP contribution in [0, 0.1) is 6.92 Å². The Balaban J connectivity index is 3.25. The quantitative estimate of drug-likeness (QED) is 0.649. The zero-order chi connectivity index (χ0) is 13.1. The minimum absolute atomic E-state index is 0.0174. The summed E-state index contributed by atoms with van der Waals surface area (Å²) in [5.74, 6) is -0.651. The second kappa shape index (κ2) is 5.44. The highest BCUT2D eigenvalue weighted by Gasteiger charge is 2.26. The van der Waals surface area contributed by atoms with E-state index in [1.54, 1.807) is 12.3 Å². The van der Waals surface area contributed by atoms with Gasteiger partial charge in [-0.25, -0.2) is 17.9 Å². The minimum Gasteiger partial charge on any atom is -0.465 e. The lowest BCUT2D eigenvalue weighted by molar-refractivity contribution is 0.0602. The van der Waals surface area contributed by atoms with E-state index >= 15 is 0 Å². The van der Waals surface area contributed by atoms with E-state index in [4.69, 9.17) is 0 Å². The highest BCUT2D eigenvalue weighted by molar-refractivity contribution is 7.89. The first-order valence-corrected chi connectivity index (χ1v) is 7.07. The van der Waals surface area contributed by atoms with Crippen LogP contribution in [0.5, 0.6) is 0 Å². The molecular weight excluding hydrogens is 262 g/mol. The summed E-state index contributed by atoms with van der Waals surface area (Å²) >= 11 is 1.05. The number of carbonyl (C=O) groups is 1. The monoisotopic (exact) mass is 275 g/mol. The Hall–Kier alpha value is -1.18. The Morgan fingerprint density at radius 1 is 1.65 bits per heavy atom. The van der Waals surface area contributed by atoms with Gasteiger partial charge in [-0.1, -0.05) is 6.08 Å². The van der Waals surface area contributed by atoms with Crippen molar-refractivity contribution in [3.8, 4) is 0 Å². The minimum atomic E-state index is -3.71. The summed E-state index contributed by atoms with van der Waals surface area (Å²) in [6.45, 7) is 5.16. The molecule has 0 radical (unpaired) electrons. The number of nitrogens with one attached hydrogen (secondary N) is 1. The third kappa shape index (κ3) is 2.93. The average molecular weight is 275 g/mol. The molecule has 0 unspecified atom stereocenters. The standard InChI is InChI=1S/C10H13NO4S2/c1-4-5-11-17(13,14)9-7(2)6-16-8(9)10(12)15-3/h4,6,11H,1,5H2,2-3H3. The predicted molar refractivity (Wildman–Crippen MR) is 65.8 cm³/mol. The largest absolute Gasteiger partial charge is 0.465 e. The van der Waals surface area contributed by atoms with Crippen LogP contribution in [0.4, 0.5) is 0 Å². The number of esters is 1. The molecular formula is C10H13NO4S2. The molecule has 7 heteroatoms. The van der Waals surface area contributed by atoms with E-state index in [2.05, 4.69) is 16.0 Å². The van der Waals surface area contributed by atoms with Crippen LogP contribution in [0.25, 0.3) is 0 Å². The second-order valence-electron chi connectivity index (χ2n) is 3.21. The third-order valence-corrected chi connectivity index (χ3v) is 4.79. The van der Waals surface area contributed by atoms with Gasteiger partial charge < -0.3 is 4.74 Å². The highest BCUT2D eigenvalue weighted by atomic mass is 32.2. The molecule has 1 aromatic heterocycles. The average Bonchev–Trinajstić information content (AvgIpc) is 2.68. The van der Waals surface area contributed by atoms with Crippen LogP contribution in [-0.2, 0) is 14.8 Å². The Morgan fingerprint density at radius 2 is 2.29 bits per heavy atom.